The van der Waals surface area contributed by atoms with Crippen molar-refractivity contribution in [1.29, 1.82) is 0 Å². The Balaban J connectivity index is 1.86. The number of carbonyl (C=O) groups is 1. The van der Waals surface area contributed by atoms with Crippen LogP contribution in [0.2, 0.25) is 0 Å². The fourth-order valence-corrected chi connectivity index (χ4v) is 2.69. The third-order valence-corrected chi connectivity index (χ3v) is 4.05. The third-order valence-electron chi connectivity index (χ3n) is 2.70. The van der Waals surface area contributed by atoms with Gasteiger partial charge in [0.05, 0.1) is 11.5 Å². The Hall–Kier alpha value is -1.47. The second-order valence-electron chi connectivity index (χ2n) is 4.55. The topological polar surface area (TPSA) is 68.0 Å². The normalized spacial score (nSPS) is 10.6. The van der Waals surface area contributed by atoms with Crippen LogP contribution in [0.1, 0.15) is 17.0 Å². The average molecular weight is 323 g/mol. The van der Waals surface area contributed by atoms with Crippen LogP contribution in [-0.4, -0.2) is 28.1 Å². The smallest absolute Gasteiger partial charge is 0.277 e. The van der Waals surface area contributed by atoms with Gasteiger partial charge in [-0.25, -0.2) is 0 Å². The number of hydrogen-bond acceptors (Lipinski definition) is 6. The van der Waals surface area contributed by atoms with Gasteiger partial charge in [-0.3, -0.25) is 4.79 Å². The molecular weight excluding hydrogens is 306 g/mol. The quantitative estimate of drug-likeness (QED) is 0.823. The fourth-order valence-electron chi connectivity index (χ4n) is 1.75. The molecule has 0 saturated heterocycles. The molecule has 112 valence electrons. The molecule has 2 rings (SSSR count). The number of rotatable bonds is 6. The van der Waals surface area contributed by atoms with Crippen molar-refractivity contribution < 1.29 is 9.21 Å². The standard InChI is InChI=1S/C14H17N3O2S2/c1-9-4-5-11(10(2)6-9)15-12(18)7-21-14-17-16-13(19-14)8-20-3/h4-6H,7-8H2,1-3H3,(H,15,18). The molecule has 0 fully saturated rings. The largest absolute Gasteiger partial charge is 0.415 e. The Morgan fingerprint density at radius 1 is 1.33 bits per heavy atom. The van der Waals surface area contributed by atoms with Crippen LogP contribution in [0.15, 0.2) is 27.8 Å². The number of nitrogens with zero attached hydrogens (tertiary/aromatic N) is 2. The Labute approximate surface area is 132 Å². The molecule has 0 aliphatic heterocycles. The summed E-state index contributed by atoms with van der Waals surface area (Å²) in [4.78, 5) is 11.9. The number of nitrogens with one attached hydrogen (secondary N) is 1. The van der Waals surface area contributed by atoms with E-state index in [1.165, 1.54) is 17.3 Å². The molecule has 0 bridgehead atoms. The van der Waals surface area contributed by atoms with E-state index in [1.54, 1.807) is 11.8 Å². The number of aromatic nitrogens is 2. The van der Waals surface area contributed by atoms with Gasteiger partial charge in [0.2, 0.25) is 11.8 Å². The lowest BCUT2D eigenvalue weighted by atomic mass is 10.1. The number of aryl methyl sites for hydroxylation is 2. The number of anilines is 1. The Morgan fingerprint density at radius 2 is 2.14 bits per heavy atom. The first kappa shape index (κ1) is 15.9. The summed E-state index contributed by atoms with van der Waals surface area (Å²) >= 11 is 2.85. The zero-order chi connectivity index (χ0) is 15.2. The second kappa shape index (κ2) is 7.51. The third kappa shape index (κ3) is 4.78. The van der Waals surface area contributed by atoms with Crippen molar-refractivity contribution in [2.45, 2.75) is 24.8 Å². The van der Waals surface area contributed by atoms with E-state index in [-0.39, 0.29) is 11.7 Å². The molecular formula is C14H17N3O2S2. The van der Waals surface area contributed by atoms with E-state index in [9.17, 15) is 4.79 Å². The van der Waals surface area contributed by atoms with Crippen LogP contribution in [-0.2, 0) is 10.5 Å². The molecule has 1 aromatic carbocycles. The van der Waals surface area contributed by atoms with Crippen molar-refractivity contribution in [3.8, 4) is 0 Å². The van der Waals surface area contributed by atoms with Gasteiger partial charge in [-0.15, -0.1) is 10.2 Å². The minimum atomic E-state index is -0.0865. The van der Waals surface area contributed by atoms with E-state index >= 15 is 0 Å². The fraction of sp³-hybridized carbons (Fsp3) is 0.357. The van der Waals surface area contributed by atoms with Crippen molar-refractivity contribution in [2.24, 2.45) is 0 Å². The molecule has 0 saturated carbocycles. The molecule has 1 heterocycles. The lowest BCUT2D eigenvalue weighted by molar-refractivity contribution is -0.113. The van der Waals surface area contributed by atoms with Gasteiger partial charge < -0.3 is 9.73 Å². The highest BCUT2D eigenvalue weighted by atomic mass is 32.2. The maximum absolute atomic E-state index is 11.9. The van der Waals surface area contributed by atoms with E-state index < -0.39 is 0 Å². The van der Waals surface area contributed by atoms with Gasteiger partial charge in [0, 0.05) is 5.69 Å². The van der Waals surface area contributed by atoms with Crippen LogP contribution in [0.3, 0.4) is 0 Å². The van der Waals surface area contributed by atoms with Crippen molar-refractivity contribution >= 4 is 35.1 Å². The molecule has 0 spiro atoms. The summed E-state index contributed by atoms with van der Waals surface area (Å²) in [5.74, 6) is 1.42. The maximum atomic E-state index is 11.9. The van der Waals surface area contributed by atoms with Gasteiger partial charge >= 0.3 is 0 Å². The summed E-state index contributed by atoms with van der Waals surface area (Å²) in [6.45, 7) is 4.00. The summed E-state index contributed by atoms with van der Waals surface area (Å²) < 4.78 is 5.40. The Morgan fingerprint density at radius 3 is 2.86 bits per heavy atom. The number of thioether (sulfide) groups is 2. The summed E-state index contributed by atoms with van der Waals surface area (Å²) in [5, 5.41) is 11.1. The van der Waals surface area contributed by atoms with Crippen LogP contribution in [0.4, 0.5) is 5.69 Å². The molecule has 5 nitrogen and oxygen atoms in total. The first-order valence-corrected chi connectivity index (χ1v) is 8.77. The molecule has 21 heavy (non-hydrogen) atoms. The lowest BCUT2D eigenvalue weighted by Gasteiger charge is -2.08. The Kier molecular flexibility index (Phi) is 5.69. The summed E-state index contributed by atoms with van der Waals surface area (Å²) in [7, 11) is 0. The van der Waals surface area contributed by atoms with E-state index in [0.29, 0.717) is 16.9 Å². The van der Waals surface area contributed by atoms with E-state index in [4.69, 9.17) is 4.42 Å². The molecule has 1 aromatic heterocycles. The predicted molar refractivity (Wildman–Crippen MR) is 86.8 cm³/mol. The summed E-state index contributed by atoms with van der Waals surface area (Å²) in [5.41, 5.74) is 3.06. The monoisotopic (exact) mass is 323 g/mol. The van der Waals surface area contributed by atoms with E-state index in [1.807, 2.05) is 38.3 Å². The van der Waals surface area contributed by atoms with Gasteiger partial charge in [0.25, 0.3) is 5.22 Å². The average Bonchev–Trinajstić information content (AvgIpc) is 2.88. The highest BCUT2D eigenvalue weighted by molar-refractivity contribution is 7.99. The molecule has 1 amide bonds. The highest BCUT2D eigenvalue weighted by Gasteiger charge is 2.10. The van der Waals surface area contributed by atoms with Crippen LogP contribution in [0, 0.1) is 13.8 Å². The van der Waals surface area contributed by atoms with Gasteiger partial charge in [-0.05, 0) is 31.7 Å². The summed E-state index contributed by atoms with van der Waals surface area (Å²) in [6.07, 6.45) is 1.97. The van der Waals surface area contributed by atoms with Crippen LogP contribution < -0.4 is 5.32 Å². The predicted octanol–water partition coefficient (Wildman–Crippen LogP) is 3.28. The van der Waals surface area contributed by atoms with E-state index in [2.05, 4.69) is 15.5 Å². The van der Waals surface area contributed by atoms with Gasteiger partial charge in [-0.2, -0.15) is 11.8 Å². The summed E-state index contributed by atoms with van der Waals surface area (Å²) in [6, 6.07) is 5.93. The molecule has 1 N–H and O–H groups in total. The van der Waals surface area contributed by atoms with Crippen molar-refractivity contribution in [2.75, 3.05) is 17.3 Å². The number of benzene rings is 1. The number of hydrogen-bond donors (Lipinski definition) is 1. The highest BCUT2D eigenvalue weighted by Crippen LogP contribution is 2.20. The Bertz CT molecular complexity index is 628. The minimum Gasteiger partial charge on any atom is -0.415 e. The van der Waals surface area contributed by atoms with Crippen LogP contribution in [0.5, 0.6) is 0 Å². The van der Waals surface area contributed by atoms with E-state index in [0.717, 1.165) is 11.3 Å². The van der Waals surface area contributed by atoms with Crippen molar-refractivity contribution in [1.82, 2.24) is 10.2 Å². The molecule has 0 atom stereocenters. The molecule has 0 aliphatic carbocycles. The van der Waals surface area contributed by atoms with Gasteiger partial charge in [0.15, 0.2) is 0 Å². The van der Waals surface area contributed by atoms with Gasteiger partial charge in [0.1, 0.15) is 0 Å². The molecule has 0 unspecified atom stereocenters. The number of amides is 1. The first-order chi connectivity index (χ1) is 10.1. The SMILES string of the molecule is CSCc1nnc(SCC(=O)Nc2ccc(C)cc2C)o1. The molecule has 7 heteroatoms. The first-order valence-electron chi connectivity index (χ1n) is 6.39. The molecule has 2 aromatic rings. The van der Waals surface area contributed by atoms with Crippen molar-refractivity contribution in [3.05, 3.63) is 35.2 Å². The van der Waals surface area contributed by atoms with Crippen LogP contribution in [0.25, 0.3) is 0 Å². The molecule has 0 radical (unpaired) electrons. The zero-order valence-electron chi connectivity index (χ0n) is 12.2. The lowest BCUT2D eigenvalue weighted by Crippen LogP contribution is -2.14. The molecule has 0 aliphatic rings. The maximum Gasteiger partial charge on any atom is 0.277 e. The van der Waals surface area contributed by atoms with Gasteiger partial charge in [-0.1, -0.05) is 29.5 Å². The zero-order valence-corrected chi connectivity index (χ0v) is 13.8. The minimum absolute atomic E-state index is 0.0865. The second-order valence-corrected chi connectivity index (χ2v) is 6.34. The van der Waals surface area contributed by atoms with Crippen LogP contribution >= 0.6 is 23.5 Å². The van der Waals surface area contributed by atoms with Crippen molar-refractivity contribution in [3.63, 3.8) is 0 Å². The number of carbonyl (C=O) groups excluding carboxylic acids is 1.